The van der Waals surface area contributed by atoms with Crippen molar-refractivity contribution in [3.8, 4) is 0 Å². The molecular formula is C21H25N3O3S. The molecule has 2 N–H and O–H groups in total. The minimum Gasteiger partial charge on any atom is -0.367 e. The Hall–Kier alpha value is -2.64. The Morgan fingerprint density at radius 2 is 1.93 bits per heavy atom. The van der Waals surface area contributed by atoms with E-state index in [1.807, 2.05) is 12.1 Å². The molecule has 0 spiro atoms. The second-order valence-electron chi connectivity index (χ2n) is 6.80. The molecule has 2 aromatic carbocycles. The molecule has 7 heteroatoms. The van der Waals surface area contributed by atoms with E-state index >= 15 is 0 Å². The van der Waals surface area contributed by atoms with Crippen LogP contribution in [0.2, 0.25) is 0 Å². The number of sulfonamides is 1. The first kappa shape index (κ1) is 20.1. The van der Waals surface area contributed by atoms with Crippen molar-refractivity contribution in [3.63, 3.8) is 0 Å². The largest absolute Gasteiger partial charge is 0.367 e. The molecule has 0 radical (unpaired) electrons. The number of hydrogen-bond acceptors (Lipinski definition) is 4. The lowest BCUT2D eigenvalue weighted by Crippen LogP contribution is -2.37. The van der Waals surface area contributed by atoms with Crippen LogP contribution in [-0.4, -0.2) is 40.0 Å². The molecule has 0 aromatic heterocycles. The van der Waals surface area contributed by atoms with Gasteiger partial charge in [0.25, 0.3) is 5.91 Å². The number of nitrogens with zero attached hydrogens (tertiary/aromatic N) is 1. The molecule has 0 bridgehead atoms. The van der Waals surface area contributed by atoms with Crippen LogP contribution < -0.4 is 14.9 Å². The van der Waals surface area contributed by atoms with Gasteiger partial charge in [-0.1, -0.05) is 24.3 Å². The van der Waals surface area contributed by atoms with E-state index in [1.54, 1.807) is 0 Å². The number of nitrogens with one attached hydrogen (secondary N) is 2. The second-order valence-corrected chi connectivity index (χ2v) is 8.56. The first-order valence-corrected chi connectivity index (χ1v) is 10.7. The van der Waals surface area contributed by atoms with Crippen molar-refractivity contribution in [3.05, 3.63) is 72.3 Å². The van der Waals surface area contributed by atoms with E-state index < -0.39 is 10.0 Å². The number of carbonyl (C=O) groups excluding carboxylic acids is 1. The van der Waals surface area contributed by atoms with Gasteiger partial charge in [0.15, 0.2) is 0 Å². The highest BCUT2D eigenvalue weighted by atomic mass is 32.2. The summed E-state index contributed by atoms with van der Waals surface area (Å²) in [4.78, 5) is 14.8. The summed E-state index contributed by atoms with van der Waals surface area (Å²) in [5, 5.41) is 2.91. The Morgan fingerprint density at radius 1 is 1.21 bits per heavy atom. The summed E-state index contributed by atoms with van der Waals surface area (Å²) in [6, 6.07) is 14.6. The standard InChI is InChI=1S/C21H25N3O3S/c1-3-12-23-28(26,27)19-10-8-17(9-11-19)21(25)22-13-14-24-16(2)15-18-6-4-5-7-20(18)24/h3-11,16,23H,1,12-15H2,2H3,(H,22,25). The number of anilines is 1. The van der Waals surface area contributed by atoms with E-state index in [9.17, 15) is 13.2 Å². The summed E-state index contributed by atoms with van der Waals surface area (Å²) < 4.78 is 26.5. The Labute approximate surface area is 166 Å². The third-order valence-electron chi connectivity index (χ3n) is 4.83. The maximum atomic E-state index is 12.4. The van der Waals surface area contributed by atoms with Crippen LogP contribution in [0.4, 0.5) is 5.69 Å². The molecule has 1 atom stereocenters. The zero-order chi connectivity index (χ0) is 20.1. The summed E-state index contributed by atoms with van der Waals surface area (Å²) in [6.45, 7) is 7.06. The molecule has 1 unspecified atom stereocenters. The molecule has 1 aliphatic rings. The van der Waals surface area contributed by atoms with Crippen LogP contribution in [0.1, 0.15) is 22.8 Å². The molecule has 0 saturated heterocycles. The molecule has 1 heterocycles. The number of benzene rings is 2. The van der Waals surface area contributed by atoms with Crippen LogP contribution in [0.25, 0.3) is 0 Å². The molecule has 148 valence electrons. The second kappa shape index (κ2) is 8.58. The lowest BCUT2D eigenvalue weighted by Gasteiger charge is -2.25. The van der Waals surface area contributed by atoms with Gasteiger partial charge in [-0.15, -0.1) is 6.58 Å². The molecule has 0 fully saturated rings. The van der Waals surface area contributed by atoms with Crippen LogP contribution in [0.5, 0.6) is 0 Å². The number of rotatable bonds is 8. The van der Waals surface area contributed by atoms with Gasteiger partial charge in [-0.05, 0) is 49.2 Å². The highest BCUT2D eigenvalue weighted by Gasteiger charge is 2.25. The molecule has 0 aliphatic carbocycles. The molecule has 0 saturated carbocycles. The highest BCUT2D eigenvalue weighted by Crippen LogP contribution is 2.31. The summed E-state index contributed by atoms with van der Waals surface area (Å²) in [5.74, 6) is -0.219. The SMILES string of the molecule is C=CCNS(=O)(=O)c1ccc(C(=O)NCCN2c3ccccc3CC2C)cc1. The van der Waals surface area contributed by atoms with Crippen LogP contribution >= 0.6 is 0 Å². The van der Waals surface area contributed by atoms with Gasteiger partial charge < -0.3 is 10.2 Å². The van der Waals surface area contributed by atoms with E-state index in [2.05, 4.69) is 40.6 Å². The fourth-order valence-electron chi connectivity index (χ4n) is 3.40. The minimum atomic E-state index is -3.59. The number of carbonyl (C=O) groups is 1. The number of para-hydroxylation sites is 1. The van der Waals surface area contributed by atoms with Crippen molar-refractivity contribution >= 4 is 21.6 Å². The third-order valence-corrected chi connectivity index (χ3v) is 6.27. The van der Waals surface area contributed by atoms with Crippen LogP contribution in [0, 0.1) is 0 Å². The van der Waals surface area contributed by atoms with Gasteiger partial charge in [-0.2, -0.15) is 0 Å². The average Bonchev–Trinajstić information content (AvgIpc) is 3.02. The first-order chi connectivity index (χ1) is 13.4. The average molecular weight is 400 g/mol. The summed E-state index contributed by atoms with van der Waals surface area (Å²) in [7, 11) is -3.59. The van der Waals surface area contributed by atoms with Crippen molar-refractivity contribution in [2.45, 2.75) is 24.3 Å². The maximum absolute atomic E-state index is 12.4. The van der Waals surface area contributed by atoms with Gasteiger partial charge in [0.2, 0.25) is 10.0 Å². The normalized spacial score (nSPS) is 15.9. The van der Waals surface area contributed by atoms with E-state index in [1.165, 1.54) is 41.6 Å². The molecule has 1 aliphatic heterocycles. The van der Waals surface area contributed by atoms with E-state index in [4.69, 9.17) is 0 Å². The Balaban J connectivity index is 1.56. The fourth-order valence-corrected chi connectivity index (χ4v) is 4.40. The van der Waals surface area contributed by atoms with E-state index in [-0.39, 0.29) is 17.3 Å². The summed E-state index contributed by atoms with van der Waals surface area (Å²) in [6.07, 6.45) is 2.49. The van der Waals surface area contributed by atoms with Gasteiger partial charge in [0.1, 0.15) is 0 Å². The lowest BCUT2D eigenvalue weighted by molar-refractivity contribution is 0.0954. The topological polar surface area (TPSA) is 78.5 Å². The smallest absolute Gasteiger partial charge is 0.251 e. The molecule has 6 nitrogen and oxygen atoms in total. The predicted molar refractivity (Wildman–Crippen MR) is 111 cm³/mol. The fraction of sp³-hybridized carbons (Fsp3) is 0.286. The minimum absolute atomic E-state index is 0.119. The monoisotopic (exact) mass is 399 g/mol. The van der Waals surface area contributed by atoms with E-state index in [0.717, 1.165) is 13.0 Å². The number of amides is 1. The predicted octanol–water partition coefficient (Wildman–Crippen LogP) is 2.33. The first-order valence-electron chi connectivity index (χ1n) is 9.26. The van der Waals surface area contributed by atoms with Gasteiger partial charge in [-0.3, -0.25) is 4.79 Å². The Kier molecular flexibility index (Phi) is 6.16. The summed E-state index contributed by atoms with van der Waals surface area (Å²) >= 11 is 0. The van der Waals surface area contributed by atoms with Crippen LogP contribution in [0.15, 0.2) is 66.1 Å². The Bertz CT molecular complexity index is 955. The number of fused-ring (bicyclic) bond motifs is 1. The van der Waals surface area contributed by atoms with Gasteiger partial charge in [0, 0.05) is 36.9 Å². The molecule has 3 rings (SSSR count). The zero-order valence-electron chi connectivity index (χ0n) is 15.9. The van der Waals surface area contributed by atoms with Crippen molar-refractivity contribution in [2.75, 3.05) is 24.5 Å². The van der Waals surface area contributed by atoms with E-state index in [0.29, 0.717) is 18.2 Å². The molecule has 28 heavy (non-hydrogen) atoms. The van der Waals surface area contributed by atoms with Gasteiger partial charge in [0.05, 0.1) is 4.90 Å². The third kappa shape index (κ3) is 4.43. The quantitative estimate of drug-likeness (QED) is 0.668. The van der Waals surface area contributed by atoms with Crippen LogP contribution in [-0.2, 0) is 16.4 Å². The van der Waals surface area contributed by atoms with Crippen molar-refractivity contribution in [1.82, 2.24) is 10.0 Å². The van der Waals surface area contributed by atoms with Gasteiger partial charge >= 0.3 is 0 Å². The molecular weight excluding hydrogens is 374 g/mol. The van der Waals surface area contributed by atoms with Crippen molar-refractivity contribution in [1.29, 1.82) is 0 Å². The zero-order valence-corrected chi connectivity index (χ0v) is 16.7. The molecule has 2 aromatic rings. The van der Waals surface area contributed by atoms with Crippen molar-refractivity contribution < 1.29 is 13.2 Å². The van der Waals surface area contributed by atoms with Crippen molar-refractivity contribution in [2.24, 2.45) is 0 Å². The lowest BCUT2D eigenvalue weighted by atomic mass is 10.1. The number of hydrogen-bond donors (Lipinski definition) is 2. The Morgan fingerprint density at radius 3 is 2.64 bits per heavy atom. The maximum Gasteiger partial charge on any atom is 0.251 e. The van der Waals surface area contributed by atoms with Crippen LogP contribution in [0.3, 0.4) is 0 Å². The van der Waals surface area contributed by atoms with Gasteiger partial charge in [-0.25, -0.2) is 13.1 Å². The summed E-state index contributed by atoms with van der Waals surface area (Å²) in [5.41, 5.74) is 2.99. The molecule has 1 amide bonds. The highest BCUT2D eigenvalue weighted by molar-refractivity contribution is 7.89.